The van der Waals surface area contributed by atoms with Crippen molar-refractivity contribution in [2.45, 2.75) is 31.6 Å². The van der Waals surface area contributed by atoms with E-state index in [4.69, 9.17) is 0 Å². The maximum Gasteiger partial charge on any atom is 0.279 e. The Morgan fingerprint density at radius 1 is 1.10 bits per heavy atom. The third-order valence-corrected chi connectivity index (χ3v) is 7.69. The Morgan fingerprint density at radius 3 is 2.29 bits per heavy atom. The van der Waals surface area contributed by atoms with Crippen molar-refractivity contribution in [2.24, 2.45) is 12.0 Å². The summed E-state index contributed by atoms with van der Waals surface area (Å²) in [5.41, 5.74) is 0.354. The van der Waals surface area contributed by atoms with Gasteiger partial charge in [0.1, 0.15) is 5.82 Å². The Kier molecular flexibility index (Phi) is 7.03. The number of hydrogen-bond donors (Lipinski definition) is 0. The molecule has 10 heteroatoms. The van der Waals surface area contributed by atoms with E-state index in [2.05, 4.69) is 4.99 Å². The predicted molar refractivity (Wildman–Crippen MR) is 116 cm³/mol. The standard InChI is InChI=1S/C21H23F2N3O3S2/c1-4-10-26(11-5-2)31(28,29)16-8-6-14(7-9-16)20(27)24-21-25(3)19-17(23)12-15(22)13-18(19)30-21/h6-9,12-13H,4-5,10-11H2,1-3H3. The van der Waals surface area contributed by atoms with Crippen LogP contribution in [0.15, 0.2) is 46.3 Å². The largest absolute Gasteiger partial charge is 0.317 e. The molecule has 0 bridgehead atoms. The quantitative estimate of drug-likeness (QED) is 0.526. The van der Waals surface area contributed by atoms with E-state index in [0.29, 0.717) is 30.6 Å². The second-order valence-electron chi connectivity index (χ2n) is 7.02. The lowest BCUT2D eigenvalue weighted by Gasteiger charge is -2.21. The molecule has 0 N–H and O–H groups in total. The molecule has 1 heterocycles. The van der Waals surface area contributed by atoms with E-state index in [1.54, 1.807) is 0 Å². The summed E-state index contributed by atoms with van der Waals surface area (Å²) in [6.45, 7) is 4.67. The zero-order valence-corrected chi connectivity index (χ0v) is 19.1. The Bertz CT molecular complexity index is 1270. The molecule has 0 aliphatic rings. The third kappa shape index (κ3) is 4.76. The van der Waals surface area contributed by atoms with E-state index in [1.165, 1.54) is 46.3 Å². The van der Waals surface area contributed by atoms with Gasteiger partial charge in [-0.05, 0) is 43.2 Å². The van der Waals surface area contributed by atoms with Gasteiger partial charge in [0.2, 0.25) is 10.0 Å². The van der Waals surface area contributed by atoms with Gasteiger partial charge in [-0.2, -0.15) is 9.30 Å². The summed E-state index contributed by atoms with van der Waals surface area (Å²) in [6, 6.07) is 7.54. The molecule has 0 aliphatic carbocycles. The molecule has 31 heavy (non-hydrogen) atoms. The van der Waals surface area contributed by atoms with Crippen molar-refractivity contribution in [3.05, 3.63) is 58.4 Å². The van der Waals surface area contributed by atoms with Gasteiger partial charge in [0.25, 0.3) is 5.91 Å². The molecule has 1 aromatic heterocycles. The second kappa shape index (κ2) is 9.37. The SMILES string of the molecule is CCCN(CCC)S(=O)(=O)c1ccc(C(=O)N=c2sc3cc(F)cc(F)c3n2C)cc1. The van der Waals surface area contributed by atoms with Gasteiger partial charge in [0.15, 0.2) is 10.6 Å². The first-order valence-electron chi connectivity index (χ1n) is 9.82. The Morgan fingerprint density at radius 2 is 1.71 bits per heavy atom. The fourth-order valence-corrected chi connectivity index (χ4v) is 5.91. The van der Waals surface area contributed by atoms with Crippen molar-refractivity contribution >= 4 is 37.5 Å². The van der Waals surface area contributed by atoms with Crippen molar-refractivity contribution in [2.75, 3.05) is 13.1 Å². The van der Waals surface area contributed by atoms with Crippen LogP contribution in [0.4, 0.5) is 8.78 Å². The minimum Gasteiger partial charge on any atom is -0.317 e. The summed E-state index contributed by atoms with van der Waals surface area (Å²) >= 11 is 0.990. The van der Waals surface area contributed by atoms with E-state index >= 15 is 0 Å². The molecular weight excluding hydrogens is 444 g/mol. The number of amides is 1. The first-order valence-corrected chi connectivity index (χ1v) is 12.1. The van der Waals surface area contributed by atoms with E-state index in [-0.39, 0.29) is 20.8 Å². The van der Waals surface area contributed by atoms with Gasteiger partial charge >= 0.3 is 0 Å². The zero-order valence-electron chi connectivity index (χ0n) is 17.4. The summed E-state index contributed by atoms with van der Waals surface area (Å²) in [5.74, 6) is -2.05. The molecule has 0 unspecified atom stereocenters. The summed E-state index contributed by atoms with van der Waals surface area (Å²) in [6.07, 6.45) is 1.40. The number of fused-ring (bicyclic) bond motifs is 1. The van der Waals surface area contributed by atoms with E-state index in [9.17, 15) is 22.0 Å². The highest BCUT2D eigenvalue weighted by molar-refractivity contribution is 7.89. The predicted octanol–water partition coefficient (Wildman–Crippen LogP) is 4.07. The average molecular weight is 468 g/mol. The molecule has 2 aromatic carbocycles. The van der Waals surface area contributed by atoms with Gasteiger partial charge in [-0.1, -0.05) is 25.2 Å². The maximum atomic E-state index is 14.1. The number of aryl methyl sites for hydroxylation is 1. The molecule has 0 radical (unpaired) electrons. The summed E-state index contributed by atoms with van der Waals surface area (Å²) in [7, 11) is -2.11. The number of sulfonamides is 1. The fraction of sp³-hybridized carbons (Fsp3) is 0.333. The van der Waals surface area contributed by atoms with E-state index < -0.39 is 27.6 Å². The average Bonchev–Trinajstić information content (AvgIpc) is 3.03. The lowest BCUT2D eigenvalue weighted by molar-refractivity contribution is 0.0998. The van der Waals surface area contributed by atoms with Crippen LogP contribution < -0.4 is 4.80 Å². The summed E-state index contributed by atoms with van der Waals surface area (Å²) < 4.78 is 56.4. The minimum absolute atomic E-state index is 0.107. The maximum absolute atomic E-state index is 14.1. The van der Waals surface area contributed by atoms with Gasteiger partial charge in [0, 0.05) is 31.8 Å². The van der Waals surface area contributed by atoms with Crippen LogP contribution >= 0.6 is 11.3 Å². The first-order chi connectivity index (χ1) is 14.7. The van der Waals surface area contributed by atoms with Gasteiger partial charge < -0.3 is 4.57 Å². The molecule has 0 aliphatic heterocycles. The minimum atomic E-state index is -3.65. The van der Waals surface area contributed by atoms with Gasteiger partial charge in [-0.25, -0.2) is 17.2 Å². The molecule has 3 rings (SSSR count). The zero-order chi connectivity index (χ0) is 22.8. The number of halogens is 2. The number of hydrogen-bond acceptors (Lipinski definition) is 4. The molecule has 0 spiro atoms. The Balaban J connectivity index is 1.93. The summed E-state index contributed by atoms with van der Waals surface area (Å²) in [5, 5.41) is 0. The molecule has 1 amide bonds. The van der Waals surface area contributed by atoms with Crippen LogP contribution in [0.2, 0.25) is 0 Å². The third-order valence-electron chi connectivity index (χ3n) is 4.70. The van der Waals surface area contributed by atoms with Crippen LogP contribution in [-0.2, 0) is 17.1 Å². The monoisotopic (exact) mass is 467 g/mol. The van der Waals surface area contributed by atoms with Crippen LogP contribution in [-0.4, -0.2) is 36.3 Å². The highest BCUT2D eigenvalue weighted by atomic mass is 32.2. The van der Waals surface area contributed by atoms with Crippen LogP contribution in [0.5, 0.6) is 0 Å². The fourth-order valence-electron chi connectivity index (χ4n) is 3.23. The number of carbonyl (C=O) groups excluding carboxylic acids is 1. The van der Waals surface area contributed by atoms with Gasteiger partial charge in [-0.15, -0.1) is 0 Å². The van der Waals surface area contributed by atoms with Crippen LogP contribution in [0.1, 0.15) is 37.0 Å². The lowest BCUT2D eigenvalue weighted by Crippen LogP contribution is -2.32. The van der Waals surface area contributed by atoms with Crippen LogP contribution in [0.3, 0.4) is 0 Å². The highest BCUT2D eigenvalue weighted by Gasteiger charge is 2.23. The topological polar surface area (TPSA) is 71.7 Å². The Hall–Kier alpha value is -2.43. The summed E-state index contributed by atoms with van der Waals surface area (Å²) in [4.78, 5) is 16.9. The number of benzene rings is 2. The van der Waals surface area contributed by atoms with E-state index in [1.807, 2.05) is 13.8 Å². The van der Waals surface area contributed by atoms with Crippen LogP contribution in [0.25, 0.3) is 10.2 Å². The number of carbonyl (C=O) groups is 1. The lowest BCUT2D eigenvalue weighted by atomic mass is 10.2. The van der Waals surface area contributed by atoms with Crippen molar-refractivity contribution in [1.82, 2.24) is 8.87 Å². The number of nitrogens with zero attached hydrogens (tertiary/aromatic N) is 3. The first kappa shape index (κ1) is 23.2. The van der Waals surface area contributed by atoms with Crippen molar-refractivity contribution in [3.8, 4) is 0 Å². The molecule has 166 valence electrons. The molecule has 0 atom stereocenters. The highest BCUT2D eigenvalue weighted by Crippen LogP contribution is 2.22. The molecule has 0 saturated heterocycles. The van der Waals surface area contributed by atoms with Crippen molar-refractivity contribution in [3.63, 3.8) is 0 Å². The van der Waals surface area contributed by atoms with Gasteiger partial charge in [-0.3, -0.25) is 4.79 Å². The van der Waals surface area contributed by atoms with Crippen molar-refractivity contribution < 1.29 is 22.0 Å². The number of thiazole rings is 1. The molecular formula is C21H23F2N3O3S2. The molecule has 0 saturated carbocycles. The molecule has 6 nitrogen and oxygen atoms in total. The van der Waals surface area contributed by atoms with E-state index in [0.717, 1.165) is 17.4 Å². The number of rotatable bonds is 7. The normalized spacial score (nSPS) is 12.8. The van der Waals surface area contributed by atoms with Crippen molar-refractivity contribution in [1.29, 1.82) is 0 Å². The Labute approximate surface area is 183 Å². The smallest absolute Gasteiger partial charge is 0.279 e. The van der Waals surface area contributed by atoms with Gasteiger partial charge in [0.05, 0.1) is 15.1 Å². The second-order valence-corrected chi connectivity index (χ2v) is 9.97. The molecule has 3 aromatic rings. The molecule has 0 fully saturated rings. The van der Waals surface area contributed by atoms with Crippen LogP contribution in [0, 0.1) is 11.6 Å². The number of aromatic nitrogens is 1.